The predicted molar refractivity (Wildman–Crippen MR) is 83.7 cm³/mol. The summed E-state index contributed by atoms with van der Waals surface area (Å²) in [6.45, 7) is 6.14. The number of aryl methyl sites for hydroxylation is 1. The molecule has 1 N–H and O–H groups in total. The van der Waals surface area contributed by atoms with Crippen molar-refractivity contribution in [1.29, 1.82) is 0 Å². The summed E-state index contributed by atoms with van der Waals surface area (Å²) in [6.07, 6.45) is 7.47. The Balaban J connectivity index is 2.24. The standard InChI is InChI=1S/C16H29N3O2/c1-5-10-17-13(11-16(21-4)8-7-9-16)15-14(20-3)12-18-19(15)6-2/h12-13,17H,5-11H2,1-4H3. The molecule has 0 aromatic carbocycles. The van der Waals surface area contributed by atoms with Crippen molar-refractivity contribution in [1.82, 2.24) is 15.1 Å². The van der Waals surface area contributed by atoms with Gasteiger partial charge >= 0.3 is 0 Å². The molecule has 1 atom stereocenters. The lowest BCUT2D eigenvalue weighted by Crippen LogP contribution is -2.43. The van der Waals surface area contributed by atoms with Crippen LogP contribution in [0.25, 0.3) is 0 Å². The first-order valence-corrected chi connectivity index (χ1v) is 8.08. The van der Waals surface area contributed by atoms with Gasteiger partial charge in [-0.2, -0.15) is 5.10 Å². The maximum Gasteiger partial charge on any atom is 0.161 e. The summed E-state index contributed by atoms with van der Waals surface area (Å²) in [4.78, 5) is 0. The fraction of sp³-hybridized carbons (Fsp3) is 0.812. The van der Waals surface area contributed by atoms with Gasteiger partial charge in [-0.1, -0.05) is 6.92 Å². The van der Waals surface area contributed by atoms with Gasteiger partial charge in [-0.3, -0.25) is 4.68 Å². The first-order valence-electron chi connectivity index (χ1n) is 8.08. The molecule has 120 valence electrons. The number of nitrogens with zero attached hydrogens (tertiary/aromatic N) is 2. The van der Waals surface area contributed by atoms with E-state index in [0.717, 1.165) is 50.2 Å². The zero-order valence-corrected chi connectivity index (χ0v) is 13.8. The Bertz CT molecular complexity index is 414. The van der Waals surface area contributed by atoms with Crippen molar-refractivity contribution in [3.63, 3.8) is 0 Å². The smallest absolute Gasteiger partial charge is 0.161 e. The number of aromatic nitrogens is 2. The van der Waals surface area contributed by atoms with Gasteiger partial charge in [0.25, 0.3) is 0 Å². The Morgan fingerprint density at radius 2 is 2.14 bits per heavy atom. The molecule has 0 radical (unpaired) electrons. The summed E-state index contributed by atoms with van der Waals surface area (Å²) in [5.74, 6) is 0.871. The highest BCUT2D eigenvalue weighted by Crippen LogP contribution is 2.43. The van der Waals surface area contributed by atoms with Crippen LogP contribution in [0.15, 0.2) is 6.20 Å². The Kier molecular flexibility index (Phi) is 5.65. The van der Waals surface area contributed by atoms with Crippen molar-refractivity contribution in [3.8, 4) is 5.75 Å². The van der Waals surface area contributed by atoms with Crippen molar-refractivity contribution in [2.24, 2.45) is 0 Å². The fourth-order valence-electron chi connectivity index (χ4n) is 3.16. The molecule has 21 heavy (non-hydrogen) atoms. The molecule has 1 aliphatic carbocycles. The third-order valence-electron chi connectivity index (χ3n) is 4.61. The first-order chi connectivity index (χ1) is 10.2. The van der Waals surface area contributed by atoms with Gasteiger partial charge in [0.2, 0.25) is 0 Å². The van der Waals surface area contributed by atoms with E-state index >= 15 is 0 Å². The molecule has 1 saturated carbocycles. The number of hydrogen-bond acceptors (Lipinski definition) is 4. The second-order valence-electron chi connectivity index (χ2n) is 5.87. The van der Waals surface area contributed by atoms with Gasteiger partial charge < -0.3 is 14.8 Å². The van der Waals surface area contributed by atoms with E-state index < -0.39 is 0 Å². The van der Waals surface area contributed by atoms with Crippen LogP contribution in [0.1, 0.15) is 57.7 Å². The minimum atomic E-state index is 0.0270. The van der Waals surface area contributed by atoms with Crippen LogP contribution < -0.4 is 10.1 Å². The van der Waals surface area contributed by atoms with Gasteiger partial charge in [0.1, 0.15) is 0 Å². The van der Waals surface area contributed by atoms with Crippen LogP contribution in [0.3, 0.4) is 0 Å². The number of methoxy groups -OCH3 is 2. The highest BCUT2D eigenvalue weighted by molar-refractivity contribution is 5.29. The summed E-state index contributed by atoms with van der Waals surface area (Å²) in [5, 5.41) is 8.10. The average molecular weight is 295 g/mol. The lowest BCUT2D eigenvalue weighted by molar-refractivity contribution is -0.0843. The van der Waals surface area contributed by atoms with Crippen molar-refractivity contribution in [2.75, 3.05) is 20.8 Å². The van der Waals surface area contributed by atoms with E-state index in [4.69, 9.17) is 9.47 Å². The highest BCUT2D eigenvalue weighted by atomic mass is 16.5. The quantitative estimate of drug-likeness (QED) is 0.761. The summed E-state index contributed by atoms with van der Waals surface area (Å²) < 4.78 is 13.4. The monoisotopic (exact) mass is 295 g/mol. The Hall–Kier alpha value is -1.07. The Labute approximate surface area is 128 Å². The number of hydrogen-bond donors (Lipinski definition) is 1. The third-order valence-corrected chi connectivity index (χ3v) is 4.61. The molecular weight excluding hydrogens is 266 g/mol. The molecule has 1 unspecified atom stereocenters. The number of ether oxygens (including phenoxy) is 2. The van der Waals surface area contributed by atoms with Crippen LogP contribution in [0.5, 0.6) is 5.75 Å². The Morgan fingerprint density at radius 1 is 1.38 bits per heavy atom. The predicted octanol–water partition coefficient (Wildman–Crippen LogP) is 2.91. The van der Waals surface area contributed by atoms with Crippen LogP contribution in [0.4, 0.5) is 0 Å². The van der Waals surface area contributed by atoms with Crippen molar-refractivity contribution in [3.05, 3.63) is 11.9 Å². The second-order valence-corrected chi connectivity index (χ2v) is 5.87. The molecule has 0 spiro atoms. The maximum absolute atomic E-state index is 5.82. The average Bonchev–Trinajstić information content (AvgIpc) is 2.89. The van der Waals surface area contributed by atoms with E-state index in [1.807, 2.05) is 18.0 Å². The van der Waals surface area contributed by atoms with Gasteiger partial charge in [-0.15, -0.1) is 0 Å². The molecule has 0 saturated heterocycles. The van der Waals surface area contributed by atoms with Gasteiger partial charge in [-0.25, -0.2) is 0 Å². The van der Waals surface area contributed by atoms with Gasteiger partial charge in [0, 0.05) is 13.7 Å². The molecule has 2 rings (SSSR count). The van der Waals surface area contributed by atoms with Crippen LogP contribution in [0.2, 0.25) is 0 Å². The van der Waals surface area contributed by atoms with E-state index in [9.17, 15) is 0 Å². The lowest BCUT2D eigenvalue weighted by Gasteiger charge is -2.43. The molecule has 5 heteroatoms. The van der Waals surface area contributed by atoms with Gasteiger partial charge in [0.15, 0.2) is 5.75 Å². The van der Waals surface area contributed by atoms with Crippen LogP contribution in [0, 0.1) is 0 Å². The van der Waals surface area contributed by atoms with Crippen molar-refractivity contribution in [2.45, 2.75) is 64.1 Å². The van der Waals surface area contributed by atoms with E-state index in [2.05, 4.69) is 24.3 Å². The number of rotatable bonds is 9. The van der Waals surface area contributed by atoms with E-state index in [1.165, 1.54) is 6.42 Å². The Morgan fingerprint density at radius 3 is 2.62 bits per heavy atom. The molecule has 1 fully saturated rings. The normalized spacial score (nSPS) is 18.3. The van der Waals surface area contributed by atoms with E-state index in [0.29, 0.717) is 0 Å². The fourth-order valence-corrected chi connectivity index (χ4v) is 3.16. The van der Waals surface area contributed by atoms with Crippen LogP contribution in [-0.2, 0) is 11.3 Å². The molecule has 0 bridgehead atoms. The molecular formula is C16H29N3O2. The zero-order chi connectivity index (χ0) is 15.3. The molecule has 1 aromatic heterocycles. The van der Waals surface area contributed by atoms with E-state index in [-0.39, 0.29) is 11.6 Å². The summed E-state index contributed by atoms with van der Waals surface area (Å²) in [5.41, 5.74) is 1.18. The molecule has 1 heterocycles. The van der Waals surface area contributed by atoms with Crippen LogP contribution in [-0.4, -0.2) is 36.1 Å². The number of nitrogens with one attached hydrogen (secondary N) is 1. The molecule has 0 aliphatic heterocycles. The van der Waals surface area contributed by atoms with Gasteiger partial charge in [-0.05, 0) is 45.6 Å². The SMILES string of the molecule is CCCNC(CC1(OC)CCC1)c1c(OC)cnn1CC. The minimum absolute atomic E-state index is 0.0270. The third kappa shape index (κ3) is 3.40. The summed E-state index contributed by atoms with van der Waals surface area (Å²) in [6, 6.07) is 0.225. The molecule has 1 aliphatic rings. The van der Waals surface area contributed by atoms with Gasteiger partial charge in [0.05, 0.1) is 30.6 Å². The van der Waals surface area contributed by atoms with E-state index in [1.54, 1.807) is 7.11 Å². The topological polar surface area (TPSA) is 48.3 Å². The molecule has 0 amide bonds. The maximum atomic E-state index is 5.82. The molecule has 1 aromatic rings. The largest absolute Gasteiger partial charge is 0.493 e. The van der Waals surface area contributed by atoms with Crippen molar-refractivity contribution < 1.29 is 9.47 Å². The second kappa shape index (κ2) is 7.27. The van der Waals surface area contributed by atoms with Crippen LogP contribution >= 0.6 is 0 Å². The molecule has 5 nitrogen and oxygen atoms in total. The van der Waals surface area contributed by atoms with Crippen molar-refractivity contribution >= 4 is 0 Å². The zero-order valence-electron chi connectivity index (χ0n) is 13.8. The first kappa shape index (κ1) is 16.3. The summed E-state index contributed by atoms with van der Waals surface area (Å²) >= 11 is 0. The lowest BCUT2D eigenvalue weighted by atomic mass is 9.75. The highest BCUT2D eigenvalue weighted by Gasteiger charge is 2.40. The summed E-state index contributed by atoms with van der Waals surface area (Å²) in [7, 11) is 3.55. The minimum Gasteiger partial charge on any atom is -0.493 e.